The molecule has 5 heteroatoms. The van der Waals surface area contributed by atoms with Crippen LogP contribution >= 0.6 is 11.3 Å². The first kappa shape index (κ1) is 13.8. The summed E-state index contributed by atoms with van der Waals surface area (Å²) in [5.74, 6) is 1.76. The van der Waals surface area contributed by atoms with Crippen molar-refractivity contribution in [3.05, 3.63) is 47.6 Å². The summed E-state index contributed by atoms with van der Waals surface area (Å²) in [6.45, 7) is 2.16. The van der Waals surface area contributed by atoms with Crippen molar-refractivity contribution in [3.63, 3.8) is 0 Å². The van der Waals surface area contributed by atoms with Crippen molar-refractivity contribution in [1.82, 2.24) is 9.97 Å². The highest BCUT2D eigenvalue weighted by molar-refractivity contribution is 7.16. The normalized spacial score (nSPS) is 12.3. The Balaban J connectivity index is 1.88. The molecule has 4 nitrogen and oxygen atoms in total. The number of ether oxygens (including phenoxy) is 1. The first-order valence-corrected chi connectivity index (χ1v) is 7.78. The zero-order valence-corrected chi connectivity index (χ0v) is 12.9. The molecule has 3 rings (SSSR count). The third-order valence-corrected chi connectivity index (χ3v) is 4.32. The van der Waals surface area contributed by atoms with Gasteiger partial charge >= 0.3 is 0 Å². The number of hydrogen-bond donors (Lipinski definition) is 1. The number of thiophene rings is 1. The Bertz CT molecular complexity index is 724. The van der Waals surface area contributed by atoms with Crippen molar-refractivity contribution in [2.75, 3.05) is 12.4 Å². The second-order valence-electron chi connectivity index (χ2n) is 4.74. The summed E-state index contributed by atoms with van der Waals surface area (Å²) < 4.78 is 5.21. The van der Waals surface area contributed by atoms with Crippen LogP contribution in [0.5, 0.6) is 5.75 Å². The molecule has 0 spiro atoms. The number of hydrogen-bond acceptors (Lipinski definition) is 5. The molecular weight excluding hydrogens is 282 g/mol. The third-order valence-electron chi connectivity index (χ3n) is 3.50. The topological polar surface area (TPSA) is 47.0 Å². The van der Waals surface area contributed by atoms with E-state index in [2.05, 4.69) is 40.4 Å². The summed E-state index contributed by atoms with van der Waals surface area (Å²) in [5, 5.41) is 6.65. The van der Waals surface area contributed by atoms with Gasteiger partial charge in [0.05, 0.1) is 18.5 Å². The van der Waals surface area contributed by atoms with Gasteiger partial charge in [-0.05, 0) is 35.6 Å². The van der Waals surface area contributed by atoms with Crippen LogP contribution in [0.3, 0.4) is 0 Å². The predicted octanol–water partition coefficient (Wildman–Crippen LogP) is 4.26. The maximum Gasteiger partial charge on any atom is 0.138 e. The molecule has 0 amide bonds. The fourth-order valence-corrected chi connectivity index (χ4v) is 3.06. The standard InChI is InChI=1S/C16H17N3OS/c1-3-14(11-4-6-12(20-2)7-5-11)19-15-13-8-9-21-16(13)18-10-17-15/h4-10,14H,3H2,1-2H3,(H,17,18,19). The van der Waals surface area contributed by atoms with Gasteiger partial charge in [0.2, 0.25) is 0 Å². The highest BCUT2D eigenvalue weighted by atomic mass is 32.1. The summed E-state index contributed by atoms with van der Waals surface area (Å²) >= 11 is 1.63. The Hall–Kier alpha value is -2.14. The summed E-state index contributed by atoms with van der Waals surface area (Å²) in [5.41, 5.74) is 1.22. The van der Waals surface area contributed by atoms with E-state index in [0.29, 0.717) is 0 Å². The zero-order chi connectivity index (χ0) is 14.7. The first-order valence-electron chi connectivity index (χ1n) is 6.90. The van der Waals surface area contributed by atoms with Crippen LogP contribution in [0.15, 0.2) is 42.0 Å². The van der Waals surface area contributed by atoms with Crippen LogP contribution in [0.4, 0.5) is 5.82 Å². The molecule has 0 bridgehead atoms. The molecule has 0 radical (unpaired) electrons. The van der Waals surface area contributed by atoms with E-state index < -0.39 is 0 Å². The van der Waals surface area contributed by atoms with E-state index in [1.165, 1.54) is 5.56 Å². The number of nitrogens with one attached hydrogen (secondary N) is 1. The van der Waals surface area contributed by atoms with Crippen LogP contribution in [-0.2, 0) is 0 Å². The molecule has 2 heterocycles. The molecule has 0 saturated carbocycles. The van der Waals surface area contributed by atoms with Crippen molar-refractivity contribution in [3.8, 4) is 5.75 Å². The maximum atomic E-state index is 5.21. The molecule has 21 heavy (non-hydrogen) atoms. The Kier molecular flexibility index (Phi) is 4.01. The molecule has 3 aromatic rings. The molecule has 108 valence electrons. The van der Waals surface area contributed by atoms with Gasteiger partial charge in [-0.1, -0.05) is 19.1 Å². The fraction of sp³-hybridized carbons (Fsp3) is 0.250. The number of anilines is 1. The second-order valence-corrected chi connectivity index (χ2v) is 5.63. The third kappa shape index (κ3) is 2.83. The Morgan fingerprint density at radius 3 is 2.71 bits per heavy atom. The highest BCUT2D eigenvalue weighted by Gasteiger charge is 2.12. The molecule has 2 aromatic heterocycles. The van der Waals surface area contributed by atoms with E-state index in [1.807, 2.05) is 17.5 Å². The summed E-state index contributed by atoms with van der Waals surface area (Å²) in [6, 6.07) is 10.4. The van der Waals surface area contributed by atoms with Crippen LogP contribution in [0, 0.1) is 0 Å². The van der Waals surface area contributed by atoms with E-state index in [1.54, 1.807) is 24.8 Å². The number of nitrogens with zero attached hydrogens (tertiary/aromatic N) is 2. The molecule has 1 atom stereocenters. The average Bonchev–Trinajstić information content (AvgIpc) is 3.02. The van der Waals surface area contributed by atoms with Crippen molar-refractivity contribution in [2.45, 2.75) is 19.4 Å². The molecule has 1 N–H and O–H groups in total. The van der Waals surface area contributed by atoms with E-state index in [4.69, 9.17) is 4.74 Å². The SMILES string of the molecule is CCC(Nc1ncnc2sccc12)c1ccc(OC)cc1. The van der Waals surface area contributed by atoms with Gasteiger partial charge in [0.15, 0.2) is 0 Å². The lowest BCUT2D eigenvalue weighted by atomic mass is 10.0. The average molecular weight is 299 g/mol. The summed E-state index contributed by atoms with van der Waals surface area (Å²) in [7, 11) is 1.68. The van der Waals surface area contributed by atoms with Crippen molar-refractivity contribution < 1.29 is 4.74 Å². The maximum absolute atomic E-state index is 5.21. The van der Waals surface area contributed by atoms with Gasteiger partial charge in [-0.2, -0.15) is 0 Å². The molecular formula is C16H17N3OS. The predicted molar refractivity (Wildman–Crippen MR) is 87.1 cm³/mol. The van der Waals surface area contributed by atoms with Crippen molar-refractivity contribution >= 4 is 27.4 Å². The molecule has 0 aliphatic carbocycles. The van der Waals surface area contributed by atoms with Gasteiger partial charge in [0.25, 0.3) is 0 Å². The molecule has 0 aliphatic heterocycles. The second kappa shape index (κ2) is 6.10. The molecule has 0 saturated heterocycles. The van der Waals surface area contributed by atoms with Gasteiger partial charge < -0.3 is 10.1 Å². The number of aromatic nitrogens is 2. The molecule has 1 aromatic carbocycles. The van der Waals surface area contributed by atoms with Crippen LogP contribution in [0.2, 0.25) is 0 Å². The van der Waals surface area contributed by atoms with Gasteiger partial charge in [0, 0.05) is 0 Å². The minimum Gasteiger partial charge on any atom is -0.497 e. The monoisotopic (exact) mass is 299 g/mol. The Labute approximate surface area is 127 Å². The van der Waals surface area contributed by atoms with Crippen molar-refractivity contribution in [1.29, 1.82) is 0 Å². The van der Waals surface area contributed by atoms with E-state index in [9.17, 15) is 0 Å². The number of fused-ring (bicyclic) bond motifs is 1. The number of rotatable bonds is 5. The quantitative estimate of drug-likeness (QED) is 0.764. The fourth-order valence-electron chi connectivity index (χ4n) is 2.33. The Morgan fingerprint density at radius 2 is 2.00 bits per heavy atom. The number of benzene rings is 1. The first-order chi connectivity index (χ1) is 10.3. The van der Waals surface area contributed by atoms with E-state index >= 15 is 0 Å². The minimum absolute atomic E-state index is 0.217. The van der Waals surface area contributed by atoms with Gasteiger partial charge in [-0.3, -0.25) is 0 Å². The number of methoxy groups -OCH3 is 1. The lowest BCUT2D eigenvalue weighted by Crippen LogP contribution is -2.11. The summed E-state index contributed by atoms with van der Waals surface area (Å²) in [6.07, 6.45) is 2.59. The van der Waals surface area contributed by atoms with E-state index in [0.717, 1.165) is 28.2 Å². The lowest BCUT2D eigenvalue weighted by molar-refractivity contribution is 0.414. The zero-order valence-electron chi connectivity index (χ0n) is 12.0. The lowest BCUT2D eigenvalue weighted by Gasteiger charge is -2.18. The largest absolute Gasteiger partial charge is 0.497 e. The Morgan fingerprint density at radius 1 is 1.19 bits per heavy atom. The van der Waals surface area contributed by atoms with Gasteiger partial charge in [0.1, 0.15) is 22.7 Å². The van der Waals surface area contributed by atoms with Crippen LogP contribution < -0.4 is 10.1 Å². The van der Waals surface area contributed by atoms with Crippen LogP contribution in [0.1, 0.15) is 24.9 Å². The highest BCUT2D eigenvalue weighted by Crippen LogP contribution is 2.29. The minimum atomic E-state index is 0.217. The van der Waals surface area contributed by atoms with Crippen molar-refractivity contribution in [2.24, 2.45) is 0 Å². The van der Waals surface area contributed by atoms with Gasteiger partial charge in [-0.15, -0.1) is 11.3 Å². The van der Waals surface area contributed by atoms with Crippen LogP contribution in [-0.4, -0.2) is 17.1 Å². The van der Waals surface area contributed by atoms with Gasteiger partial charge in [-0.25, -0.2) is 9.97 Å². The smallest absolute Gasteiger partial charge is 0.138 e. The van der Waals surface area contributed by atoms with Crippen LogP contribution in [0.25, 0.3) is 10.2 Å². The molecule has 0 fully saturated rings. The molecule has 1 unspecified atom stereocenters. The molecule has 0 aliphatic rings. The van der Waals surface area contributed by atoms with E-state index in [-0.39, 0.29) is 6.04 Å². The summed E-state index contributed by atoms with van der Waals surface area (Å²) in [4.78, 5) is 9.68.